The molecule has 0 aliphatic carbocycles. The molecule has 0 spiro atoms. The number of anilines is 1. The standard InChI is InChI=1S/C12H12N4O2S/c13-8-5-10(17)16(6-8)9-3-1-7(2-4-9)11-14-15-12(19)18-11/h1-4,8H,5-6,13H2,(H,15,19). The number of hydrogen-bond acceptors (Lipinski definition) is 5. The Hall–Kier alpha value is -1.99. The van der Waals surface area contributed by atoms with Crippen LogP contribution < -0.4 is 10.6 Å². The molecule has 19 heavy (non-hydrogen) atoms. The normalized spacial score (nSPS) is 19.1. The first-order valence-electron chi connectivity index (χ1n) is 5.85. The molecule has 3 N–H and O–H groups in total. The van der Waals surface area contributed by atoms with Crippen LogP contribution in [0.4, 0.5) is 5.69 Å². The van der Waals surface area contributed by atoms with Gasteiger partial charge in [-0.1, -0.05) is 0 Å². The van der Waals surface area contributed by atoms with Crippen LogP contribution in [-0.2, 0) is 4.79 Å². The number of nitrogens with one attached hydrogen (secondary N) is 1. The van der Waals surface area contributed by atoms with E-state index in [1.165, 1.54) is 0 Å². The molecule has 2 aromatic rings. The predicted molar refractivity (Wildman–Crippen MR) is 72.1 cm³/mol. The van der Waals surface area contributed by atoms with Gasteiger partial charge in [0.15, 0.2) is 0 Å². The molecule has 1 aromatic carbocycles. The van der Waals surface area contributed by atoms with Gasteiger partial charge >= 0.3 is 0 Å². The van der Waals surface area contributed by atoms with Gasteiger partial charge in [-0.2, -0.15) is 0 Å². The number of aromatic nitrogens is 2. The SMILES string of the molecule is NC1CC(=O)N(c2ccc(-c3n[nH]c(=S)o3)cc2)C1. The van der Waals surface area contributed by atoms with E-state index >= 15 is 0 Å². The smallest absolute Gasteiger partial charge is 0.284 e. The summed E-state index contributed by atoms with van der Waals surface area (Å²) in [7, 11) is 0. The Morgan fingerprint density at radius 1 is 1.42 bits per heavy atom. The van der Waals surface area contributed by atoms with Gasteiger partial charge in [0, 0.05) is 30.3 Å². The van der Waals surface area contributed by atoms with Gasteiger partial charge in [0.05, 0.1) is 0 Å². The Balaban J connectivity index is 1.87. The molecule has 1 aliphatic rings. The molecule has 3 rings (SSSR count). The minimum absolute atomic E-state index is 0.0533. The minimum Gasteiger partial charge on any atom is -0.409 e. The first-order chi connectivity index (χ1) is 9.13. The van der Waals surface area contributed by atoms with Crippen molar-refractivity contribution in [3.8, 4) is 11.5 Å². The van der Waals surface area contributed by atoms with Crippen LogP contribution in [-0.4, -0.2) is 28.7 Å². The Kier molecular flexibility index (Phi) is 2.92. The molecule has 2 heterocycles. The maximum Gasteiger partial charge on any atom is 0.284 e. The van der Waals surface area contributed by atoms with Crippen molar-refractivity contribution in [2.24, 2.45) is 5.73 Å². The molecule has 0 saturated carbocycles. The summed E-state index contributed by atoms with van der Waals surface area (Å²) in [6, 6.07) is 7.27. The number of nitrogens with zero attached hydrogens (tertiary/aromatic N) is 2. The van der Waals surface area contributed by atoms with Gasteiger partial charge in [0.1, 0.15) is 0 Å². The third kappa shape index (κ3) is 2.29. The quantitative estimate of drug-likeness (QED) is 0.811. The summed E-state index contributed by atoms with van der Waals surface area (Å²) >= 11 is 4.82. The van der Waals surface area contributed by atoms with Crippen molar-refractivity contribution in [2.45, 2.75) is 12.5 Å². The molecule has 1 saturated heterocycles. The molecule has 1 amide bonds. The number of carbonyl (C=O) groups is 1. The van der Waals surface area contributed by atoms with Crippen molar-refractivity contribution in [2.75, 3.05) is 11.4 Å². The molecule has 1 aliphatic heterocycles. The Morgan fingerprint density at radius 2 is 2.16 bits per heavy atom. The summed E-state index contributed by atoms with van der Waals surface area (Å²) in [6.45, 7) is 0.557. The molecule has 1 unspecified atom stereocenters. The van der Waals surface area contributed by atoms with Crippen LogP contribution in [0.15, 0.2) is 28.7 Å². The number of amides is 1. The summed E-state index contributed by atoms with van der Waals surface area (Å²) in [5, 5.41) is 6.51. The van der Waals surface area contributed by atoms with E-state index in [1.54, 1.807) is 4.90 Å². The molecule has 0 radical (unpaired) electrons. The van der Waals surface area contributed by atoms with Gasteiger partial charge in [0.25, 0.3) is 4.84 Å². The first-order valence-corrected chi connectivity index (χ1v) is 6.26. The molecule has 1 atom stereocenters. The van der Waals surface area contributed by atoms with E-state index in [4.69, 9.17) is 22.4 Å². The fourth-order valence-electron chi connectivity index (χ4n) is 2.12. The molecule has 6 nitrogen and oxygen atoms in total. The Labute approximate surface area is 114 Å². The predicted octanol–water partition coefficient (Wildman–Crippen LogP) is 1.46. The zero-order chi connectivity index (χ0) is 13.4. The number of nitrogens with two attached hydrogens (primary N) is 1. The van der Waals surface area contributed by atoms with Crippen LogP contribution in [0.3, 0.4) is 0 Å². The summed E-state index contributed by atoms with van der Waals surface area (Å²) < 4.78 is 5.22. The molecule has 1 fully saturated rings. The number of rotatable bonds is 2. The van der Waals surface area contributed by atoms with Crippen molar-refractivity contribution >= 4 is 23.8 Å². The van der Waals surface area contributed by atoms with Gasteiger partial charge in [-0.15, -0.1) is 5.10 Å². The van der Waals surface area contributed by atoms with E-state index in [2.05, 4.69) is 10.2 Å². The topological polar surface area (TPSA) is 88.2 Å². The maximum atomic E-state index is 11.7. The van der Waals surface area contributed by atoms with Gasteiger partial charge in [0.2, 0.25) is 11.8 Å². The van der Waals surface area contributed by atoms with E-state index in [-0.39, 0.29) is 16.8 Å². The number of hydrogen-bond donors (Lipinski definition) is 2. The molecular formula is C12H12N4O2S. The monoisotopic (exact) mass is 276 g/mol. The van der Waals surface area contributed by atoms with Gasteiger partial charge in [-0.3, -0.25) is 4.79 Å². The lowest BCUT2D eigenvalue weighted by Crippen LogP contribution is -2.27. The van der Waals surface area contributed by atoms with Gasteiger partial charge in [-0.25, -0.2) is 5.10 Å². The van der Waals surface area contributed by atoms with Crippen molar-refractivity contribution in [1.82, 2.24) is 10.2 Å². The largest absolute Gasteiger partial charge is 0.409 e. The first kappa shape index (κ1) is 12.1. The zero-order valence-electron chi connectivity index (χ0n) is 10.00. The van der Waals surface area contributed by atoms with Crippen LogP contribution >= 0.6 is 12.2 Å². The average Bonchev–Trinajstić information content (AvgIpc) is 2.96. The van der Waals surface area contributed by atoms with Crippen molar-refractivity contribution < 1.29 is 9.21 Å². The number of aromatic amines is 1. The third-order valence-corrected chi connectivity index (χ3v) is 3.19. The van der Waals surface area contributed by atoms with E-state index < -0.39 is 0 Å². The highest BCUT2D eigenvalue weighted by atomic mass is 32.1. The fourth-order valence-corrected chi connectivity index (χ4v) is 2.25. The highest BCUT2D eigenvalue weighted by molar-refractivity contribution is 7.71. The number of benzene rings is 1. The van der Waals surface area contributed by atoms with Crippen LogP contribution in [0.2, 0.25) is 0 Å². The van der Waals surface area contributed by atoms with Crippen molar-refractivity contribution in [1.29, 1.82) is 0 Å². The average molecular weight is 276 g/mol. The molecular weight excluding hydrogens is 264 g/mol. The van der Waals surface area contributed by atoms with Gasteiger partial charge < -0.3 is 15.1 Å². The molecule has 7 heteroatoms. The maximum absolute atomic E-state index is 11.7. The molecule has 98 valence electrons. The third-order valence-electron chi connectivity index (χ3n) is 3.02. The summed E-state index contributed by atoms with van der Waals surface area (Å²) in [5.74, 6) is 0.485. The highest BCUT2D eigenvalue weighted by Gasteiger charge is 2.27. The summed E-state index contributed by atoms with van der Waals surface area (Å²) in [5.41, 5.74) is 7.40. The lowest BCUT2D eigenvalue weighted by Gasteiger charge is -2.15. The van der Waals surface area contributed by atoms with Crippen LogP contribution in [0.25, 0.3) is 11.5 Å². The highest BCUT2D eigenvalue weighted by Crippen LogP contribution is 2.24. The van der Waals surface area contributed by atoms with Crippen LogP contribution in [0, 0.1) is 4.84 Å². The summed E-state index contributed by atoms with van der Waals surface area (Å²) in [4.78, 5) is 13.7. The second-order valence-electron chi connectivity index (χ2n) is 4.43. The lowest BCUT2D eigenvalue weighted by molar-refractivity contribution is -0.117. The fraction of sp³-hybridized carbons (Fsp3) is 0.250. The Bertz CT molecular complexity index is 661. The van der Waals surface area contributed by atoms with E-state index in [0.29, 0.717) is 18.9 Å². The zero-order valence-corrected chi connectivity index (χ0v) is 10.8. The number of carbonyl (C=O) groups excluding carboxylic acids is 1. The Morgan fingerprint density at radius 3 is 2.68 bits per heavy atom. The van der Waals surface area contributed by atoms with Crippen LogP contribution in [0.1, 0.15) is 6.42 Å². The number of H-pyrrole nitrogens is 1. The van der Waals surface area contributed by atoms with Crippen molar-refractivity contribution in [3.63, 3.8) is 0 Å². The molecule has 1 aromatic heterocycles. The lowest BCUT2D eigenvalue weighted by atomic mass is 10.2. The summed E-state index contributed by atoms with van der Waals surface area (Å²) in [6.07, 6.45) is 0.399. The van der Waals surface area contributed by atoms with Crippen LogP contribution in [0.5, 0.6) is 0 Å². The van der Waals surface area contributed by atoms with Gasteiger partial charge in [-0.05, 0) is 36.5 Å². The molecule has 0 bridgehead atoms. The second kappa shape index (κ2) is 4.60. The van der Waals surface area contributed by atoms with E-state index in [9.17, 15) is 4.79 Å². The van der Waals surface area contributed by atoms with Crippen molar-refractivity contribution in [3.05, 3.63) is 29.1 Å². The van der Waals surface area contributed by atoms with E-state index in [1.807, 2.05) is 24.3 Å². The van der Waals surface area contributed by atoms with E-state index in [0.717, 1.165) is 11.3 Å². The second-order valence-corrected chi connectivity index (χ2v) is 4.80. The minimum atomic E-state index is -0.0868.